The fourth-order valence-electron chi connectivity index (χ4n) is 2.70. The molecule has 21 heavy (non-hydrogen) atoms. The molecule has 0 saturated heterocycles. The monoisotopic (exact) mass is 290 g/mol. The van der Waals surface area contributed by atoms with Crippen LogP contribution in [0.2, 0.25) is 0 Å². The van der Waals surface area contributed by atoms with Gasteiger partial charge >= 0.3 is 0 Å². The van der Waals surface area contributed by atoms with Gasteiger partial charge in [0, 0.05) is 12.6 Å². The van der Waals surface area contributed by atoms with Crippen LogP contribution in [0.15, 0.2) is 24.3 Å². The van der Waals surface area contributed by atoms with Gasteiger partial charge in [0.2, 0.25) is 0 Å². The van der Waals surface area contributed by atoms with Crippen molar-refractivity contribution in [3.05, 3.63) is 35.4 Å². The Kier molecular flexibility index (Phi) is 7.41. The molecule has 1 aromatic rings. The second-order valence-corrected chi connectivity index (χ2v) is 6.88. The maximum Gasteiger partial charge on any atom is 0.0449 e. The van der Waals surface area contributed by atoms with Crippen molar-refractivity contribution in [3.8, 4) is 0 Å². The highest BCUT2D eigenvalue weighted by Gasteiger charge is 2.17. The number of nitrogens with one attached hydrogen (secondary N) is 1. The minimum Gasteiger partial charge on any atom is -0.309 e. The van der Waals surface area contributed by atoms with Crippen molar-refractivity contribution >= 4 is 0 Å². The van der Waals surface area contributed by atoms with Gasteiger partial charge in [-0.2, -0.15) is 0 Å². The quantitative estimate of drug-likeness (QED) is 0.765. The van der Waals surface area contributed by atoms with E-state index in [0.717, 1.165) is 19.6 Å². The number of likely N-dealkylation sites (N-methyl/N-ethyl adjacent to an activating group) is 2. The molecule has 0 amide bonds. The highest BCUT2D eigenvalue weighted by atomic mass is 15.1. The third-order valence-electron chi connectivity index (χ3n) is 4.06. The average molecular weight is 290 g/mol. The maximum atomic E-state index is 3.64. The van der Waals surface area contributed by atoms with Crippen molar-refractivity contribution in [2.45, 2.75) is 59.4 Å². The van der Waals surface area contributed by atoms with Gasteiger partial charge in [0.15, 0.2) is 0 Å². The molecule has 0 aliphatic rings. The van der Waals surface area contributed by atoms with Crippen LogP contribution in [0.5, 0.6) is 0 Å². The van der Waals surface area contributed by atoms with Crippen molar-refractivity contribution in [2.75, 3.05) is 26.2 Å². The zero-order chi connectivity index (χ0) is 15.9. The van der Waals surface area contributed by atoms with Crippen molar-refractivity contribution in [1.82, 2.24) is 10.2 Å². The Bertz CT molecular complexity index is 389. The Hall–Kier alpha value is -0.860. The van der Waals surface area contributed by atoms with E-state index in [1.54, 1.807) is 0 Å². The molecule has 0 spiro atoms. The molecule has 0 aromatic heterocycles. The summed E-state index contributed by atoms with van der Waals surface area (Å²) in [5.74, 6) is 0. The first-order valence-corrected chi connectivity index (χ1v) is 8.48. The lowest BCUT2D eigenvalue weighted by Crippen LogP contribution is -2.35. The van der Waals surface area contributed by atoms with Crippen LogP contribution in [-0.2, 0) is 5.41 Å². The van der Waals surface area contributed by atoms with Crippen LogP contribution in [0.1, 0.15) is 65.1 Å². The molecule has 120 valence electrons. The smallest absolute Gasteiger partial charge is 0.0449 e. The summed E-state index contributed by atoms with van der Waals surface area (Å²) < 4.78 is 0. The van der Waals surface area contributed by atoms with Gasteiger partial charge in [0.05, 0.1) is 0 Å². The Balaban J connectivity index is 2.84. The van der Waals surface area contributed by atoms with E-state index in [9.17, 15) is 0 Å². The fraction of sp³-hybridized carbons (Fsp3) is 0.684. The molecule has 0 aliphatic heterocycles. The topological polar surface area (TPSA) is 15.3 Å². The van der Waals surface area contributed by atoms with Crippen molar-refractivity contribution < 1.29 is 0 Å². The minimum absolute atomic E-state index is 0.226. The van der Waals surface area contributed by atoms with Crippen LogP contribution >= 0.6 is 0 Å². The first-order chi connectivity index (χ1) is 9.92. The van der Waals surface area contributed by atoms with Crippen LogP contribution in [0.3, 0.4) is 0 Å². The molecule has 1 N–H and O–H groups in total. The van der Waals surface area contributed by atoms with E-state index >= 15 is 0 Å². The summed E-state index contributed by atoms with van der Waals surface area (Å²) in [5.41, 5.74) is 3.03. The van der Waals surface area contributed by atoms with Crippen LogP contribution < -0.4 is 5.32 Å². The molecule has 1 atom stereocenters. The maximum absolute atomic E-state index is 3.64. The molecule has 0 fully saturated rings. The Morgan fingerprint density at radius 3 is 2.10 bits per heavy atom. The summed E-state index contributed by atoms with van der Waals surface area (Å²) in [4.78, 5) is 2.53. The Morgan fingerprint density at radius 2 is 1.67 bits per heavy atom. The average Bonchev–Trinajstić information content (AvgIpc) is 2.45. The van der Waals surface area contributed by atoms with Gasteiger partial charge in [-0.1, -0.05) is 65.8 Å². The van der Waals surface area contributed by atoms with E-state index in [1.807, 2.05) is 0 Å². The first kappa shape index (κ1) is 18.2. The summed E-state index contributed by atoms with van der Waals surface area (Å²) in [5, 5.41) is 3.64. The molecule has 2 nitrogen and oxygen atoms in total. The largest absolute Gasteiger partial charge is 0.309 e. The van der Waals surface area contributed by atoms with E-state index in [1.165, 1.54) is 24.1 Å². The Labute approximate surface area is 131 Å². The van der Waals surface area contributed by atoms with Crippen LogP contribution in [0.4, 0.5) is 0 Å². The Morgan fingerprint density at radius 1 is 1.05 bits per heavy atom. The number of hydrogen-bond donors (Lipinski definition) is 1. The summed E-state index contributed by atoms with van der Waals surface area (Å²) >= 11 is 0. The van der Waals surface area contributed by atoms with Gasteiger partial charge in [0.1, 0.15) is 0 Å². The molecule has 1 rings (SSSR count). The molecular weight excluding hydrogens is 256 g/mol. The van der Waals surface area contributed by atoms with E-state index in [2.05, 4.69) is 76.0 Å². The molecule has 1 aromatic carbocycles. The van der Waals surface area contributed by atoms with Crippen LogP contribution in [-0.4, -0.2) is 31.1 Å². The number of nitrogens with zero attached hydrogens (tertiary/aromatic N) is 1. The SMILES string of the molecule is CCCN(CC)CC(NCC)c1ccc(C(C)(C)C)cc1. The normalized spacial score (nSPS) is 13.7. The number of benzene rings is 1. The van der Waals surface area contributed by atoms with E-state index in [-0.39, 0.29) is 5.41 Å². The minimum atomic E-state index is 0.226. The summed E-state index contributed by atoms with van der Waals surface area (Å²) in [6.45, 7) is 17.9. The lowest BCUT2D eigenvalue weighted by molar-refractivity contribution is 0.255. The molecular formula is C19H34N2. The summed E-state index contributed by atoms with van der Waals surface area (Å²) in [7, 11) is 0. The van der Waals surface area contributed by atoms with Gasteiger partial charge in [-0.15, -0.1) is 0 Å². The summed E-state index contributed by atoms with van der Waals surface area (Å²) in [6.07, 6.45) is 1.22. The highest BCUT2D eigenvalue weighted by Crippen LogP contribution is 2.24. The number of hydrogen-bond acceptors (Lipinski definition) is 2. The van der Waals surface area contributed by atoms with E-state index < -0.39 is 0 Å². The zero-order valence-corrected chi connectivity index (χ0v) is 14.9. The van der Waals surface area contributed by atoms with E-state index in [4.69, 9.17) is 0 Å². The standard InChI is InChI=1S/C19H34N2/c1-7-14-21(9-3)15-18(20-8-2)16-10-12-17(13-11-16)19(4,5)6/h10-13,18,20H,7-9,14-15H2,1-6H3. The van der Waals surface area contributed by atoms with Crippen molar-refractivity contribution in [2.24, 2.45) is 0 Å². The molecule has 0 saturated carbocycles. The van der Waals surface area contributed by atoms with Gasteiger partial charge in [-0.25, -0.2) is 0 Å². The molecule has 0 bridgehead atoms. The molecule has 0 heterocycles. The predicted octanol–water partition coefficient (Wildman–Crippen LogP) is 4.37. The first-order valence-electron chi connectivity index (χ1n) is 8.48. The van der Waals surface area contributed by atoms with Crippen molar-refractivity contribution in [3.63, 3.8) is 0 Å². The molecule has 0 radical (unpaired) electrons. The van der Waals surface area contributed by atoms with E-state index in [0.29, 0.717) is 6.04 Å². The second kappa shape index (κ2) is 8.55. The van der Waals surface area contributed by atoms with Gasteiger partial charge in [-0.05, 0) is 42.6 Å². The lowest BCUT2D eigenvalue weighted by atomic mass is 9.86. The predicted molar refractivity (Wildman–Crippen MR) is 94.0 cm³/mol. The third kappa shape index (κ3) is 5.80. The third-order valence-corrected chi connectivity index (χ3v) is 4.06. The van der Waals surface area contributed by atoms with Gasteiger partial charge in [-0.3, -0.25) is 0 Å². The van der Waals surface area contributed by atoms with Crippen molar-refractivity contribution in [1.29, 1.82) is 0 Å². The highest BCUT2D eigenvalue weighted by molar-refractivity contribution is 5.29. The van der Waals surface area contributed by atoms with Crippen LogP contribution in [0, 0.1) is 0 Å². The van der Waals surface area contributed by atoms with Gasteiger partial charge < -0.3 is 10.2 Å². The van der Waals surface area contributed by atoms with Crippen LogP contribution in [0.25, 0.3) is 0 Å². The summed E-state index contributed by atoms with van der Waals surface area (Å²) in [6, 6.07) is 9.60. The molecule has 2 heteroatoms. The lowest BCUT2D eigenvalue weighted by Gasteiger charge is -2.28. The fourth-order valence-corrected chi connectivity index (χ4v) is 2.70. The molecule has 1 unspecified atom stereocenters. The second-order valence-electron chi connectivity index (χ2n) is 6.88. The number of rotatable bonds is 8. The zero-order valence-electron chi connectivity index (χ0n) is 14.9. The van der Waals surface area contributed by atoms with Gasteiger partial charge in [0.25, 0.3) is 0 Å². The molecule has 0 aliphatic carbocycles.